The fraction of sp³-hybridized carbons (Fsp3) is 0.533. The van der Waals surface area contributed by atoms with Gasteiger partial charge in [-0.3, -0.25) is 4.79 Å². The summed E-state index contributed by atoms with van der Waals surface area (Å²) >= 11 is 0. The van der Waals surface area contributed by atoms with E-state index in [1.54, 1.807) is 0 Å². The lowest BCUT2D eigenvalue weighted by molar-refractivity contribution is 0.0978. The number of carbonyl (C=O) groups excluding carboxylic acids is 1. The molecule has 1 aromatic rings. The lowest BCUT2D eigenvalue weighted by atomic mass is 9.96. The molecular formula is C15H23NO. The average molecular weight is 233 g/mol. The molecule has 0 spiro atoms. The molecule has 2 nitrogen and oxygen atoms in total. The van der Waals surface area contributed by atoms with Gasteiger partial charge in [0.1, 0.15) is 0 Å². The summed E-state index contributed by atoms with van der Waals surface area (Å²) in [6, 6.07) is 6.04. The Labute approximate surface area is 104 Å². The Morgan fingerprint density at radius 2 is 2.06 bits per heavy atom. The highest BCUT2D eigenvalue weighted by atomic mass is 16.1. The number of ketones is 1. The number of hydrogen-bond donors (Lipinski definition) is 1. The predicted octanol–water partition coefficient (Wildman–Crippen LogP) is 3.26. The number of benzene rings is 1. The molecule has 2 heteroatoms. The first-order valence-corrected chi connectivity index (χ1v) is 6.51. The maximum atomic E-state index is 12.1. The van der Waals surface area contributed by atoms with Crippen LogP contribution in [-0.2, 0) is 6.42 Å². The highest BCUT2D eigenvalue weighted by molar-refractivity contribution is 5.97. The van der Waals surface area contributed by atoms with E-state index < -0.39 is 0 Å². The minimum atomic E-state index is 0.266. The monoisotopic (exact) mass is 233 g/mol. The van der Waals surface area contributed by atoms with Crippen molar-refractivity contribution in [1.29, 1.82) is 0 Å². The maximum Gasteiger partial charge on any atom is 0.163 e. The zero-order chi connectivity index (χ0) is 12.7. The summed E-state index contributed by atoms with van der Waals surface area (Å²) < 4.78 is 0. The van der Waals surface area contributed by atoms with Gasteiger partial charge >= 0.3 is 0 Å². The molecule has 17 heavy (non-hydrogen) atoms. The van der Waals surface area contributed by atoms with Crippen LogP contribution in [0.3, 0.4) is 0 Å². The van der Waals surface area contributed by atoms with E-state index in [0.29, 0.717) is 13.0 Å². The number of aryl methyl sites for hydroxylation is 1. The molecular weight excluding hydrogens is 210 g/mol. The molecule has 0 heterocycles. The van der Waals surface area contributed by atoms with Crippen LogP contribution in [0.5, 0.6) is 0 Å². The second-order valence-electron chi connectivity index (χ2n) is 4.58. The van der Waals surface area contributed by atoms with Crippen molar-refractivity contribution in [2.75, 3.05) is 6.54 Å². The highest BCUT2D eigenvalue weighted by Gasteiger charge is 2.10. The van der Waals surface area contributed by atoms with Gasteiger partial charge in [0, 0.05) is 12.0 Å². The van der Waals surface area contributed by atoms with Crippen LogP contribution in [0.15, 0.2) is 18.2 Å². The Kier molecular flexibility index (Phi) is 5.92. The van der Waals surface area contributed by atoms with E-state index in [0.717, 1.165) is 36.8 Å². The molecule has 0 aliphatic carbocycles. The summed E-state index contributed by atoms with van der Waals surface area (Å²) in [5, 5.41) is 0. The maximum absolute atomic E-state index is 12.1. The summed E-state index contributed by atoms with van der Waals surface area (Å²) in [7, 11) is 0. The summed E-state index contributed by atoms with van der Waals surface area (Å²) in [5.41, 5.74) is 8.76. The lowest BCUT2D eigenvalue weighted by Gasteiger charge is -2.09. The van der Waals surface area contributed by atoms with Gasteiger partial charge in [-0.1, -0.05) is 43.5 Å². The van der Waals surface area contributed by atoms with E-state index in [1.807, 2.05) is 19.1 Å². The summed E-state index contributed by atoms with van der Waals surface area (Å²) in [6.45, 7) is 4.79. The Balaban J connectivity index is 2.77. The fourth-order valence-electron chi connectivity index (χ4n) is 2.03. The van der Waals surface area contributed by atoms with E-state index in [1.165, 1.54) is 5.56 Å². The zero-order valence-corrected chi connectivity index (χ0v) is 11.0. The summed E-state index contributed by atoms with van der Waals surface area (Å²) in [4.78, 5) is 12.1. The molecule has 1 aromatic carbocycles. The van der Waals surface area contributed by atoms with Crippen LogP contribution in [0.25, 0.3) is 0 Å². The molecule has 94 valence electrons. The number of Topliss-reactive ketones (excluding diaryl/α,β-unsaturated/α-hetero) is 1. The van der Waals surface area contributed by atoms with Crippen LogP contribution in [-0.4, -0.2) is 12.3 Å². The molecule has 0 aliphatic heterocycles. The molecule has 0 saturated heterocycles. The minimum Gasteiger partial charge on any atom is -0.330 e. The van der Waals surface area contributed by atoms with Gasteiger partial charge in [0.05, 0.1) is 0 Å². The topological polar surface area (TPSA) is 43.1 Å². The molecule has 0 amide bonds. The molecule has 0 atom stereocenters. The smallest absolute Gasteiger partial charge is 0.163 e. The molecule has 0 unspecified atom stereocenters. The van der Waals surface area contributed by atoms with E-state index >= 15 is 0 Å². The average Bonchev–Trinajstić information content (AvgIpc) is 2.30. The van der Waals surface area contributed by atoms with Crippen LogP contribution in [0.4, 0.5) is 0 Å². The van der Waals surface area contributed by atoms with Crippen molar-refractivity contribution in [3.05, 3.63) is 34.9 Å². The SMILES string of the molecule is CCCCCC(=O)c1ccc(C)cc1CCN. The molecule has 0 saturated carbocycles. The Hall–Kier alpha value is -1.15. The second kappa shape index (κ2) is 7.23. The van der Waals surface area contributed by atoms with Gasteiger partial charge < -0.3 is 5.73 Å². The fourth-order valence-corrected chi connectivity index (χ4v) is 2.03. The molecule has 0 aliphatic rings. The van der Waals surface area contributed by atoms with Crippen LogP contribution < -0.4 is 5.73 Å². The first-order valence-electron chi connectivity index (χ1n) is 6.51. The highest BCUT2D eigenvalue weighted by Crippen LogP contribution is 2.16. The van der Waals surface area contributed by atoms with Gasteiger partial charge in [0.2, 0.25) is 0 Å². The van der Waals surface area contributed by atoms with Crippen molar-refractivity contribution < 1.29 is 4.79 Å². The minimum absolute atomic E-state index is 0.266. The van der Waals surface area contributed by atoms with Gasteiger partial charge in [-0.05, 0) is 31.9 Å². The van der Waals surface area contributed by atoms with Crippen molar-refractivity contribution in [2.24, 2.45) is 5.73 Å². The van der Waals surface area contributed by atoms with Gasteiger partial charge in [0.15, 0.2) is 5.78 Å². The van der Waals surface area contributed by atoms with Crippen molar-refractivity contribution in [1.82, 2.24) is 0 Å². The van der Waals surface area contributed by atoms with Crippen LogP contribution >= 0.6 is 0 Å². The van der Waals surface area contributed by atoms with Gasteiger partial charge in [-0.15, -0.1) is 0 Å². The second-order valence-corrected chi connectivity index (χ2v) is 4.58. The van der Waals surface area contributed by atoms with Gasteiger partial charge in [-0.25, -0.2) is 0 Å². The third kappa shape index (κ3) is 4.31. The molecule has 2 N–H and O–H groups in total. The van der Waals surface area contributed by atoms with E-state index in [2.05, 4.69) is 13.0 Å². The third-order valence-electron chi connectivity index (χ3n) is 2.98. The summed E-state index contributed by atoms with van der Waals surface area (Å²) in [5.74, 6) is 0.266. The number of unbranched alkanes of at least 4 members (excludes halogenated alkanes) is 2. The van der Waals surface area contributed by atoms with Crippen LogP contribution in [0.2, 0.25) is 0 Å². The van der Waals surface area contributed by atoms with Crippen molar-refractivity contribution in [3.63, 3.8) is 0 Å². The number of carbonyl (C=O) groups is 1. The normalized spacial score (nSPS) is 10.5. The Morgan fingerprint density at radius 1 is 1.29 bits per heavy atom. The van der Waals surface area contributed by atoms with E-state index in [9.17, 15) is 4.79 Å². The zero-order valence-electron chi connectivity index (χ0n) is 11.0. The van der Waals surface area contributed by atoms with Crippen LogP contribution in [0.1, 0.15) is 54.1 Å². The van der Waals surface area contributed by atoms with Crippen molar-refractivity contribution in [2.45, 2.75) is 46.0 Å². The van der Waals surface area contributed by atoms with Crippen molar-refractivity contribution in [3.8, 4) is 0 Å². The van der Waals surface area contributed by atoms with Gasteiger partial charge in [0.25, 0.3) is 0 Å². The standard InChI is InChI=1S/C15H23NO/c1-3-4-5-6-15(17)14-8-7-12(2)11-13(14)9-10-16/h7-8,11H,3-6,9-10,16H2,1-2H3. The molecule has 0 bridgehead atoms. The van der Waals surface area contributed by atoms with Crippen LogP contribution in [0, 0.1) is 6.92 Å². The molecule has 0 radical (unpaired) electrons. The Bertz CT molecular complexity index is 371. The molecule has 0 fully saturated rings. The number of nitrogens with two attached hydrogens (primary N) is 1. The van der Waals surface area contributed by atoms with Gasteiger partial charge in [-0.2, -0.15) is 0 Å². The quantitative estimate of drug-likeness (QED) is 0.580. The largest absolute Gasteiger partial charge is 0.330 e. The number of hydrogen-bond acceptors (Lipinski definition) is 2. The molecule has 0 aromatic heterocycles. The first-order chi connectivity index (χ1) is 8.19. The summed E-state index contributed by atoms with van der Waals surface area (Å²) in [6.07, 6.45) is 4.72. The van der Waals surface area contributed by atoms with Crippen molar-refractivity contribution >= 4 is 5.78 Å². The number of rotatable bonds is 7. The predicted molar refractivity (Wildman–Crippen MR) is 72.4 cm³/mol. The Morgan fingerprint density at radius 3 is 2.71 bits per heavy atom. The van der Waals surface area contributed by atoms with E-state index in [4.69, 9.17) is 5.73 Å². The molecule has 1 rings (SSSR count). The van der Waals surface area contributed by atoms with E-state index in [-0.39, 0.29) is 5.78 Å². The first kappa shape index (κ1) is 13.9. The lowest BCUT2D eigenvalue weighted by Crippen LogP contribution is -2.09. The third-order valence-corrected chi connectivity index (χ3v) is 2.98.